The summed E-state index contributed by atoms with van der Waals surface area (Å²) >= 11 is 0. The minimum absolute atomic E-state index is 0.0652. The van der Waals surface area contributed by atoms with Crippen LogP contribution >= 0.6 is 0 Å². The molecular weight excluding hydrogens is 276 g/mol. The van der Waals surface area contributed by atoms with Gasteiger partial charge in [-0.25, -0.2) is 4.99 Å². The second-order valence-corrected chi connectivity index (χ2v) is 5.28. The summed E-state index contributed by atoms with van der Waals surface area (Å²) in [7, 11) is 0. The molecule has 1 aliphatic heterocycles. The van der Waals surface area contributed by atoms with E-state index >= 15 is 0 Å². The fourth-order valence-corrected chi connectivity index (χ4v) is 2.85. The van der Waals surface area contributed by atoms with Crippen molar-refractivity contribution >= 4 is 18.5 Å². The van der Waals surface area contributed by atoms with Crippen LogP contribution in [0.1, 0.15) is 22.7 Å². The van der Waals surface area contributed by atoms with Crippen molar-refractivity contribution in [3.05, 3.63) is 71.3 Å². The van der Waals surface area contributed by atoms with E-state index in [1.54, 1.807) is 4.90 Å². The van der Waals surface area contributed by atoms with Crippen LogP contribution in [-0.2, 0) is 22.6 Å². The Morgan fingerprint density at radius 3 is 2.55 bits per heavy atom. The molecule has 0 fully saturated rings. The Balaban J connectivity index is 2.02. The molecule has 0 saturated carbocycles. The Kier molecular flexibility index (Phi) is 3.83. The van der Waals surface area contributed by atoms with Gasteiger partial charge in [0.05, 0.1) is 6.42 Å². The van der Waals surface area contributed by atoms with Gasteiger partial charge in [0, 0.05) is 6.54 Å². The molecule has 1 atom stereocenters. The van der Waals surface area contributed by atoms with Crippen molar-refractivity contribution in [2.24, 2.45) is 4.99 Å². The molecule has 1 unspecified atom stereocenters. The highest BCUT2D eigenvalue weighted by atomic mass is 16.2. The molecule has 0 aromatic heterocycles. The van der Waals surface area contributed by atoms with E-state index < -0.39 is 11.9 Å². The molecule has 0 saturated heterocycles. The quantitative estimate of drug-likeness (QED) is 0.816. The highest BCUT2D eigenvalue weighted by Gasteiger charge is 2.36. The van der Waals surface area contributed by atoms with Crippen molar-refractivity contribution in [2.45, 2.75) is 19.0 Å². The summed E-state index contributed by atoms with van der Waals surface area (Å²) in [6.45, 7) is 3.73. The van der Waals surface area contributed by atoms with Crippen LogP contribution in [0, 0.1) is 0 Å². The second-order valence-electron chi connectivity index (χ2n) is 5.28. The van der Waals surface area contributed by atoms with Crippen molar-refractivity contribution in [1.29, 1.82) is 0 Å². The lowest BCUT2D eigenvalue weighted by atomic mass is 9.91. The van der Waals surface area contributed by atoms with Crippen molar-refractivity contribution in [2.75, 3.05) is 0 Å². The maximum absolute atomic E-state index is 12.5. The standard InChI is InChI=1S/C18H16N2O2/c1-19-18(22)17-15-10-6-5-9-14(15)11-16(21)20(17)12-13-7-3-2-4-8-13/h2-10,17H,1,11-12H2. The molecule has 110 valence electrons. The zero-order valence-corrected chi connectivity index (χ0v) is 12.1. The van der Waals surface area contributed by atoms with Crippen LogP contribution in [0.5, 0.6) is 0 Å². The first kappa shape index (κ1) is 14.2. The molecule has 22 heavy (non-hydrogen) atoms. The molecule has 4 nitrogen and oxygen atoms in total. The first-order chi connectivity index (χ1) is 10.7. The van der Waals surface area contributed by atoms with E-state index in [0.717, 1.165) is 16.7 Å². The summed E-state index contributed by atoms with van der Waals surface area (Å²) in [6, 6.07) is 16.5. The number of rotatable bonds is 3. The van der Waals surface area contributed by atoms with Gasteiger partial charge < -0.3 is 4.90 Å². The number of nitrogens with zero attached hydrogens (tertiary/aromatic N) is 2. The van der Waals surface area contributed by atoms with Crippen molar-refractivity contribution in [3.63, 3.8) is 0 Å². The third kappa shape index (κ3) is 2.55. The van der Waals surface area contributed by atoms with Gasteiger partial charge in [0.1, 0.15) is 6.04 Å². The molecule has 0 aliphatic carbocycles. The number of hydrogen-bond donors (Lipinski definition) is 0. The summed E-state index contributed by atoms with van der Waals surface area (Å²) in [4.78, 5) is 29.9. The highest BCUT2D eigenvalue weighted by Crippen LogP contribution is 2.32. The van der Waals surface area contributed by atoms with Gasteiger partial charge in [0.15, 0.2) is 0 Å². The molecule has 1 aliphatic rings. The molecule has 0 radical (unpaired) electrons. The third-order valence-electron chi connectivity index (χ3n) is 3.91. The largest absolute Gasteiger partial charge is 0.322 e. The van der Waals surface area contributed by atoms with Gasteiger partial charge in [-0.1, -0.05) is 54.6 Å². The number of amides is 2. The second kappa shape index (κ2) is 5.93. The predicted molar refractivity (Wildman–Crippen MR) is 84.4 cm³/mol. The number of carbonyl (C=O) groups is 2. The Morgan fingerprint density at radius 2 is 1.82 bits per heavy atom. The van der Waals surface area contributed by atoms with Gasteiger partial charge in [0.2, 0.25) is 5.91 Å². The Hall–Kier alpha value is -2.75. The summed E-state index contributed by atoms with van der Waals surface area (Å²) < 4.78 is 0. The van der Waals surface area contributed by atoms with E-state index in [1.165, 1.54) is 0 Å². The lowest BCUT2D eigenvalue weighted by Gasteiger charge is -2.35. The van der Waals surface area contributed by atoms with E-state index in [-0.39, 0.29) is 5.91 Å². The van der Waals surface area contributed by atoms with Crippen molar-refractivity contribution in [3.8, 4) is 0 Å². The number of aliphatic imine (C=N–C) groups is 1. The number of benzene rings is 2. The minimum Gasteiger partial charge on any atom is -0.322 e. The van der Waals surface area contributed by atoms with E-state index in [9.17, 15) is 9.59 Å². The molecule has 0 spiro atoms. The van der Waals surface area contributed by atoms with Crippen LogP contribution in [0.25, 0.3) is 0 Å². The van der Waals surface area contributed by atoms with E-state index in [2.05, 4.69) is 11.7 Å². The molecule has 2 aromatic carbocycles. The van der Waals surface area contributed by atoms with Gasteiger partial charge in [0.25, 0.3) is 5.91 Å². The first-order valence-electron chi connectivity index (χ1n) is 7.12. The number of hydrogen-bond acceptors (Lipinski definition) is 2. The van der Waals surface area contributed by atoms with E-state index in [1.807, 2.05) is 54.6 Å². The van der Waals surface area contributed by atoms with E-state index in [4.69, 9.17) is 0 Å². The number of fused-ring (bicyclic) bond motifs is 1. The normalized spacial score (nSPS) is 17.0. The van der Waals surface area contributed by atoms with Crippen LogP contribution < -0.4 is 0 Å². The lowest BCUT2D eigenvalue weighted by molar-refractivity contribution is -0.140. The van der Waals surface area contributed by atoms with Crippen LogP contribution in [0.2, 0.25) is 0 Å². The summed E-state index contributed by atoms with van der Waals surface area (Å²) in [5, 5.41) is 0. The summed E-state index contributed by atoms with van der Waals surface area (Å²) in [6.07, 6.45) is 0.309. The Bertz CT molecular complexity index is 725. The molecule has 4 heteroatoms. The zero-order chi connectivity index (χ0) is 15.5. The van der Waals surface area contributed by atoms with Gasteiger partial charge in [-0.05, 0) is 23.4 Å². The first-order valence-corrected chi connectivity index (χ1v) is 7.12. The van der Waals surface area contributed by atoms with Gasteiger partial charge in [-0.15, -0.1) is 0 Å². The molecule has 2 amide bonds. The summed E-state index contributed by atoms with van der Waals surface area (Å²) in [5.41, 5.74) is 2.71. The molecular formula is C18H16N2O2. The average molecular weight is 292 g/mol. The maximum Gasteiger partial charge on any atom is 0.272 e. The average Bonchev–Trinajstić information content (AvgIpc) is 2.56. The summed E-state index contributed by atoms with van der Waals surface area (Å²) in [5.74, 6) is -0.457. The Morgan fingerprint density at radius 1 is 1.14 bits per heavy atom. The molecule has 0 bridgehead atoms. The van der Waals surface area contributed by atoms with Crippen molar-refractivity contribution in [1.82, 2.24) is 4.90 Å². The highest BCUT2D eigenvalue weighted by molar-refractivity contribution is 5.94. The predicted octanol–water partition coefficient (Wildman–Crippen LogP) is 2.54. The van der Waals surface area contributed by atoms with Crippen LogP contribution in [-0.4, -0.2) is 23.4 Å². The van der Waals surface area contributed by atoms with Crippen LogP contribution in [0.3, 0.4) is 0 Å². The monoisotopic (exact) mass is 292 g/mol. The smallest absolute Gasteiger partial charge is 0.272 e. The zero-order valence-electron chi connectivity index (χ0n) is 12.1. The fraction of sp³-hybridized carbons (Fsp3) is 0.167. The fourth-order valence-electron chi connectivity index (χ4n) is 2.85. The van der Waals surface area contributed by atoms with E-state index in [0.29, 0.717) is 13.0 Å². The molecule has 1 heterocycles. The van der Waals surface area contributed by atoms with Gasteiger partial charge >= 0.3 is 0 Å². The molecule has 2 aromatic rings. The van der Waals surface area contributed by atoms with Gasteiger partial charge in [-0.3, -0.25) is 9.59 Å². The molecule has 0 N–H and O–H groups in total. The molecule has 3 rings (SSSR count). The SMILES string of the molecule is C=NC(=O)C1c2ccccc2CC(=O)N1Cc1ccccc1. The maximum atomic E-state index is 12.5. The van der Waals surface area contributed by atoms with Crippen LogP contribution in [0.15, 0.2) is 59.6 Å². The van der Waals surface area contributed by atoms with Crippen LogP contribution in [0.4, 0.5) is 0 Å². The van der Waals surface area contributed by atoms with Gasteiger partial charge in [-0.2, -0.15) is 0 Å². The van der Waals surface area contributed by atoms with Crippen molar-refractivity contribution < 1.29 is 9.59 Å². The third-order valence-corrected chi connectivity index (χ3v) is 3.91. The lowest BCUT2D eigenvalue weighted by Crippen LogP contribution is -2.42. The minimum atomic E-state index is -0.685. The topological polar surface area (TPSA) is 49.7 Å². The Labute approximate surface area is 129 Å². The number of carbonyl (C=O) groups excluding carboxylic acids is 2.